The summed E-state index contributed by atoms with van der Waals surface area (Å²) in [5.41, 5.74) is 2.02. The molecule has 1 aromatic carbocycles. The largest absolute Gasteiger partial charge is 0.463 e. The molecular weight excluding hydrogens is 308 g/mol. The molecule has 5 heteroatoms. The maximum atomic E-state index is 11.2. The van der Waals surface area contributed by atoms with Gasteiger partial charge < -0.3 is 14.2 Å². The molecule has 0 bridgehead atoms. The molecule has 0 aliphatic carbocycles. The van der Waals surface area contributed by atoms with Crippen LogP contribution in [0.4, 0.5) is 0 Å². The summed E-state index contributed by atoms with van der Waals surface area (Å²) in [5, 5.41) is 0. The maximum Gasteiger partial charge on any atom is 0.303 e. The van der Waals surface area contributed by atoms with Crippen molar-refractivity contribution in [2.75, 3.05) is 6.61 Å². The number of hydrogen-bond acceptors (Lipinski definition) is 5. The van der Waals surface area contributed by atoms with Crippen LogP contribution >= 0.6 is 0 Å². The van der Waals surface area contributed by atoms with Gasteiger partial charge in [-0.15, -0.1) is 0 Å². The molecule has 24 heavy (non-hydrogen) atoms. The Bertz CT molecular complexity index is 695. The number of benzene rings is 1. The lowest BCUT2D eigenvalue weighted by Crippen LogP contribution is -2.41. The number of carbonyl (C=O) groups is 2. The fourth-order valence-corrected chi connectivity index (χ4v) is 2.25. The fourth-order valence-electron chi connectivity index (χ4n) is 2.25. The van der Waals surface area contributed by atoms with Crippen molar-refractivity contribution in [2.24, 2.45) is 0 Å². The Labute approximate surface area is 141 Å². The molecule has 0 spiro atoms. The van der Waals surface area contributed by atoms with Crippen LogP contribution in [0.1, 0.15) is 25.0 Å². The third-order valence-electron chi connectivity index (χ3n) is 3.29. The summed E-state index contributed by atoms with van der Waals surface area (Å²) in [7, 11) is 0. The first-order valence-corrected chi connectivity index (χ1v) is 7.66. The first-order chi connectivity index (χ1) is 11.4. The van der Waals surface area contributed by atoms with Crippen LogP contribution in [-0.4, -0.2) is 36.9 Å². The lowest BCUT2D eigenvalue weighted by molar-refractivity contribution is -0.161. The highest BCUT2D eigenvalue weighted by Crippen LogP contribution is 2.17. The van der Waals surface area contributed by atoms with Gasteiger partial charge in [0, 0.05) is 19.4 Å². The molecule has 0 unspecified atom stereocenters. The fraction of sp³-hybridized carbons (Fsp3) is 0.368. The molecule has 0 amide bonds. The van der Waals surface area contributed by atoms with E-state index in [1.807, 2.05) is 31.2 Å². The molecule has 1 heterocycles. The average molecular weight is 328 g/mol. The van der Waals surface area contributed by atoms with Crippen LogP contribution in [0, 0.1) is 18.8 Å². The Hall–Kier alpha value is -2.58. The molecule has 3 atom stereocenters. The smallest absolute Gasteiger partial charge is 0.303 e. The molecule has 126 valence electrons. The number of ether oxygens (including phenoxy) is 3. The van der Waals surface area contributed by atoms with E-state index in [9.17, 15) is 9.59 Å². The number of aryl methyl sites for hydroxylation is 1. The van der Waals surface area contributed by atoms with E-state index in [4.69, 9.17) is 14.2 Å². The first kappa shape index (κ1) is 17.8. The lowest BCUT2D eigenvalue weighted by Gasteiger charge is -2.29. The first-order valence-electron chi connectivity index (χ1n) is 7.66. The van der Waals surface area contributed by atoms with Crippen molar-refractivity contribution in [3.8, 4) is 11.8 Å². The quantitative estimate of drug-likeness (QED) is 0.483. The molecule has 1 aliphatic heterocycles. The minimum absolute atomic E-state index is 0.000243. The van der Waals surface area contributed by atoms with Crippen LogP contribution in [-0.2, 0) is 23.8 Å². The number of rotatable bonds is 3. The average Bonchev–Trinajstić information content (AvgIpc) is 2.52. The normalized spacial score (nSPS) is 22.2. The van der Waals surface area contributed by atoms with Crippen LogP contribution in [0.15, 0.2) is 36.4 Å². The Morgan fingerprint density at radius 2 is 2.00 bits per heavy atom. The standard InChI is InChI=1S/C19H20O5/c1-13-5-4-6-16(11-13)7-8-17-9-10-18(23-15(3)21)19(24-17)12-22-14(2)20/h4-6,9-11,17-19H,12H2,1-3H3/t17-,18-,19-/m1/s1. The number of carbonyl (C=O) groups excluding carboxylic acids is 2. The summed E-state index contributed by atoms with van der Waals surface area (Å²) >= 11 is 0. The van der Waals surface area contributed by atoms with Crippen molar-refractivity contribution in [1.29, 1.82) is 0 Å². The topological polar surface area (TPSA) is 61.8 Å². The molecule has 5 nitrogen and oxygen atoms in total. The van der Waals surface area contributed by atoms with Crippen LogP contribution in [0.5, 0.6) is 0 Å². The summed E-state index contributed by atoms with van der Waals surface area (Å²) in [6, 6.07) is 7.85. The number of hydrogen-bond donors (Lipinski definition) is 0. The minimum Gasteiger partial charge on any atom is -0.463 e. The summed E-state index contributed by atoms with van der Waals surface area (Å²) in [6.45, 7) is 4.64. The third-order valence-corrected chi connectivity index (χ3v) is 3.29. The Balaban J connectivity index is 2.10. The summed E-state index contributed by atoms with van der Waals surface area (Å²) in [6.07, 6.45) is 1.81. The Morgan fingerprint density at radius 1 is 1.21 bits per heavy atom. The Kier molecular flexibility index (Phi) is 6.16. The van der Waals surface area contributed by atoms with Gasteiger partial charge >= 0.3 is 11.9 Å². The zero-order valence-electron chi connectivity index (χ0n) is 13.9. The molecule has 2 rings (SSSR count). The molecule has 0 saturated heterocycles. The van der Waals surface area contributed by atoms with Crippen molar-refractivity contribution < 1.29 is 23.8 Å². The van der Waals surface area contributed by atoms with Gasteiger partial charge in [-0.2, -0.15) is 0 Å². The SMILES string of the molecule is CC(=O)OC[C@H]1O[C@H](C#Cc2cccc(C)c2)C=C[C@H]1OC(C)=O. The van der Waals surface area contributed by atoms with E-state index >= 15 is 0 Å². The van der Waals surface area contributed by atoms with Crippen LogP contribution in [0.3, 0.4) is 0 Å². The van der Waals surface area contributed by atoms with E-state index < -0.39 is 30.3 Å². The summed E-state index contributed by atoms with van der Waals surface area (Å²) in [5.74, 6) is 5.23. The van der Waals surface area contributed by atoms with E-state index in [1.165, 1.54) is 13.8 Å². The molecule has 0 saturated carbocycles. The van der Waals surface area contributed by atoms with Crippen molar-refractivity contribution >= 4 is 11.9 Å². The van der Waals surface area contributed by atoms with Crippen molar-refractivity contribution in [3.05, 3.63) is 47.5 Å². The minimum atomic E-state index is -0.598. The van der Waals surface area contributed by atoms with Gasteiger partial charge in [-0.3, -0.25) is 9.59 Å². The van der Waals surface area contributed by atoms with E-state index in [-0.39, 0.29) is 6.61 Å². The van der Waals surface area contributed by atoms with Gasteiger partial charge in [0.05, 0.1) is 0 Å². The van der Waals surface area contributed by atoms with E-state index in [0.29, 0.717) is 0 Å². The van der Waals surface area contributed by atoms with E-state index in [2.05, 4.69) is 11.8 Å². The highest BCUT2D eigenvalue weighted by atomic mass is 16.6. The van der Waals surface area contributed by atoms with Gasteiger partial charge in [-0.05, 0) is 36.8 Å². The second-order valence-corrected chi connectivity index (χ2v) is 5.50. The molecular formula is C19H20O5. The molecule has 0 fully saturated rings. The zero-order valence-corrected chi connectivity index (χ0v) is 13.9. The Morgan fingerprint density at radius 3 is 2.67 bits per heavy atom. The van der Waals surface area contributed by atoms with Gasteiger partial charge in [-0.1, -0.05) is 24.0 Å². The van der Waals surface area contributed by atoms with Gasteiger partial charge in [-0.25, -0.2) is 0 Å². The summed E-state index contributed by atoms with van der Waals surface area (Å²) in [4.78, 5) is 22.2. The van der Waals surface area contributed by atoms with Crippen LogP contribution in [0.2, 0.25) is 0 Å². The van der Waals surface area contributed by atoms with Crippen LogP contribution < -0.4 is 0 Å². The second-order valence-electron chi connectivity index (χ2n) is 5.50. The van der Waals surface area contributed by atoms with E-state index in [0.717, 1.165) is 11.1 Å². The molecule has 1 aliphatic rings. The molecule has 1 aromatic rings. The lowest BCUT2D eigenvalue weighted by atomic mass is 10.1. The zero-order chi connectivity index (χ0) is 17.5. The monoisotopic (exact) mass is 328 g/mol. The third kappa shape index (κ3) is 5.56. The van der Waals surface area contributed by atoms with Gasteiger partial charge in [0.25, 0.3) is 0 Å². The summed E-state index contributed by atoms with van der Waals surface area (Å²) < 4.78 is 15.9. The molecule has 0 aromatic heterocycles. The molecule has 0 N–H and O–H groups in total. The predicted octanol–water partition coefficient (Wildman–Crippen LogP) is 2.16. The van der Waals surface area contributed by atoms with Gasteiger partial charge in [0.15, 0.2) is 0 Å². The maximum absolute atomic E-state index is 11.2. The predicted molar refractivity (Wildman–Crippen MR) is 88.0 cm³/mol. The highest BCUT2D eigenvalue weighted by molar-refractivity contribution is 5.67. The highest BCUT2D eigenvalue weighted by Gasteiger charge is 2.29. The van der Waals surface area contributed by atoms with Gasteiger partial charge in [0.2, 0.25) is 0 Å². The second kappa shape index (κ2) is 8.32. The van der Waals surface area contributed by atoms with Crippen molar-refractivity contribution in [1.82, 2.24) is 0 Å². The molecule has 0 radical (unpaired) electrons. The van der Waals surface area contributed by atoms with E-state index in [1.54, 1.807) is 12.2 Å². The van der Waals surface area contributed by atoms with Crippen LogP contribution in [0.25, 0.3) is 0 Å². The van der Waals surface area contributed by atoms with Gasteiger partial charge in [0.1, 0.15) is 24.9 Å². The van der Waals surface area contributed by atoms with Crippen molar-refractivity contribution in [2.45, 2.75) is 39.1 Å². The number of esters is 2. The van der Waals surface area contributed by atoms with Crippen molar-refractivity contribution in [3.63, 3.8) is 0 Å².